The largest absolute Gasteiger partial charge is 0.490 e. The highest BCUT2D eigenvalue weighted by atomic mass is 32.2. The van der Waals surface area contributed by atoms with Crippen LogP contribution in [0.1, 0.15) is 46.1 Å². The summed E-state index contributed by atoms with van der Waals surface area (Å²) in [5.41, 5.74) is 1.89. The molecule has 9 heteroatoms. The molecule has 4 aromatic rings. The second kappa shape index (κ2) is 10.5. The minimum atomic E-state index is -3.62. The van der Waals surface area contributed by atoms with Crippen molar-refractivity contribution in [2.45, 2.75) is 52.2 Å². The van der Waals surface area contributed by atoms with Gasteiger partial charge in [0.15, 0.2) is 0 Å². The van der Waals surface area contributed by atoms with Gasteiger partial charge < -0.3 is 14.4 Å². The highest BCUT2D eigenvalue weighted by Gasteiger charge is 2.28. The van der Waals surface area contributed by atoms with Crippen molar-refractivity contribution < 1.29 is 22.7 Å². The molecule has 1 aliphatic heterocycles. The van der Waals surface area contributed by atoms with Gasteiger partial charge in [0.05, 0.1) is 28.6 Å². The van der Waals surface area contributed by atoms with Crippen LogP contribution in [0.3, 0.4) is 0 Å². The minimum absolute atomic E-state index is 0.0512. The molecule has 8 nitrogen and oxygen atoms in total. The lowest BCUT2D eigenvalue weighted by atomic mass is 10.0. The predicted octanol–water partition coefficient (Wildman–Crippen LogP) is 6.31. The van der Waals surface area contributed by atoms with Gasteiger partial charge in [0.25, 0.3) is 0 Å². The third-order valence-corrected chi connectivity index (χ3v) is 8.71. The molecule has 40 heavy (non-hydrogen) atoms. The molecule has 1 aliphatic rings. The van der Waals surface area contributed by atoms with Crippen LogP contribution in [0, 0.1) is 11.3 Å². The fraction of sp³-hybridized carbons (Fsp3) is 0.355. The van der Waals surface area contributed by atoms with Crippen molar-refractivity contribution in [3.8, 4) is 23.1 Å². The average molecular weight is 560 g/mol. The first kappa shape index (κ1) is 27.5. The summed E-state index contributed by atoms with van der Waals surface area (Å²) in [6.07, 6.45) is 0.980. The van der Waals surface area contributed by atoms with Crippen LogP contribution in [0.25, 0.3) is 32.9 Å². The second-order valence-electron chi connectivity index (χ2n) is 11.1. The van der Waals surface area contributed by atoms with Gasteiger partial charge in [0.1, 0.15) is 17.5 Å². The van der Waals surface area contributed by atoms with Crippen molar-refractivity contribution in [2.75, 3.05) is 18.8 Å². The molecular formula is C31H33N3O5S. The highest BCUT2D eigenvalue weighted by Crippen LogP contribution is 2.34. The first-order chi connectivity index (χ1) is 19.0. The smallest absolute Gasteiger partial charge is 0.410 e. The number of hydrogen-bond acceptors (Lipinski definition) is 6. The molecule has 1 fully saturated rings. The van der Waals surface area contributed by atoms with E-state index in [2.05, 4.69) is 6.07 Å². The lowest BCUT2D eigenvalue weighted by Crippen LogP contribution is -2.44. The lowest BCUT2D eigenvalue weighted by Gasteiger charge is -2.33. The minimum Gasteiger partial charge on any atom is -0.490 e. The number of likely N-dealkylation sites (tertiary alicyclic amines) is 1. The summed E-state index contributed by atoms with van der Waals surface area (Å²) in [5.74, 6) is 0.600. The van der Waals surface area contributed by atoms with Crippen LogP contribution < -0.4 is 4.74 Å². The first-order valence-electron chi connectivity index (χ1n) is 13.4. The van der Waals surface area contributed by atoms with E-state index in [4.69, 9.17) is 9.47 Å². The number of piperidine rings is 1. The fourth-order valence-corrected chi connectivity index (χ4v) is 6.20. The molecule has 0 saturated carbocycles. The Hall–Kier alpha value is -4.03. The van der Waals surface area contributed by atoms with Gasteiger partial charge in [-0.2, -0.15) is 5.26 Å². The molecule has 0 bridgehead atoms. The molecule has 0 atom stereocenters. The SMILES string of the molecule is CCS(=O)(=O)n1c(-c2ccc3ccc(C#N)cc3c2)cc2cc(OC3CCN(C(=O)OC(C)(C)C)CC3)ccc21. The number of nitriles is 1. The van der Waals surface area contributed by atoms with Gasteiger partial charge in [-0.3, -0.25) is 0 Å². The van der Waals surface area contributed by atoms with Crippen LogP contribution in [-0.4, -0.2) is 53.9 Å². The lowest BCUT2D eigenvalue weighted by molar-refractivity contribution is 0.0126. The summed E-state index contributed by atoms with van der Waals surface area (Å²) in [4.78, 5) is 14.1. The van der Waals surface area contributed by atoms with E-state index in [-0.39, 0.29) is 18.0 Å². The molecule has 0 unspecified atom stereocenters. The molecule has 208 valence electrons. The third-order valence-electron chi connectivity index (χ3n) is 7.03. The van der Waals surface area contributed by atoms with Crippen molar-refractivity contribution in [3.63, 3.8) is 0 Å². The Kier molecular flexibility index (Phi) is 7.23. The molecule has 0 spiro atoms. The zero-order valence-corrected chi connectivity index (χ0v) is 24.0. The van der Waals surface area contributed by atoms with Gasteiger partial charge in [-0.05, 0) is 86.5 Å². The molecular weight excluding hydrogens is 526 g/mol. The van der Waals surface area contributed by atoms with Crippen molar-refractivity contribution >= 4 is 37.8 Å². The fourth-order valence-electron chi connectivity index (χ4n) is 5.02. The van der Waals surface area contributed by atoms with E-state index in [1.54, 1.807) is 36.1 Å². The van der Waals surface area contributed by atoms with Gasteiger partial charge in [0.2, 0.25) is 10.0 Å². The zero-order valence-electron chi connectivity index (χ0n) is 23.2. The van der Waals surface area contributed by atoms with E-state index in [1.807, 2.05) is 57.2 Å². The Morgan fingerprint density at radius 2 is 1.70 bits per heavy atom. The normalized spacial score (nSPS) is 14.8. The first-order valence-corrected chi connectivity index (χ1v) is 15.1. The van der Waals surface area contributed by atoms with E-state index in [0.29, 0.717) is 48.5 Å². The summed E-state index contributed by atoms with van der Waals surface area (Å²) in [6.45, 7) is 8.29. The second-order valence-corrected chi connectivity index (χ2v) is 13.2. The summed E-state index contributed by atoms with van der Waals surface area (Å²) in [6, 6.07) is 20.7. The summed E-state index contributed by atoms with van der Waals surface area (Å²) in [5, 5.41) is 11.9. The molecule has 0 aliphatic carbocycles. The Bertz CT molecular complexity index is 1740. The number of rotatable bonds is 5. The van der Waals surface area contributed by atoms with Gasteiger partial charge in [-0.1, -0.05) is 18.2 Å². The molecule has 0 radical (unpaired) electrons. The molecule has 1 amide bonds. The number of carbonyl (C=O) groups excluding carboxylic acids is 1. The predicted molar refractivity (Wildman–Crippen MR) is 156 cm³/mol. The Labute approximate surface area is 234 Å². The maximum absolute atomic E-state index is 13.3. The number of fused-ring (bicyclic) bond motifs is 2. The van der Waals surface area contributed by atoms with Crippen LogP contribution >= 0.6 is 0 Å². The van der Waals surface area contributed by atoms with Crippen molar-refractivity contribution in [1.29, 1.82) is 5.26 Å². The van der Waals surface area contributed by atoms with Gasteiger partial charge in [-0.15, -0.1) is 0 Å². The van der Waals surface area contributed by atoms with Crippen LogP contribution in [0.4, 0.5) is 4.79 Å². The number of amides is 1. The van der Waals surface area contributed by atoms with Crippen molar-refractivity contribution in [2.24, 2.45) is 0 Å². The summed E-state index contributed by atoms with van der Waals surface area (Å²) in [7, 11) is -3.62. The molecule has 0 N–H and O–H groups in total. The topological polar surface area (TPSA) is 102 Å². The van der Waals surface area contributed by atoms with Crippen molar-refractivity contribution in [3.05, 3.63) is 66.2 Å². The van der Waals surface area contributed by atoms with E-state index in [0.717, 1.165) is 21.7 Å². The number of benzene rings is 3. The summed E-state index contributed by atoms with van der Waals surface area (Å²) < 4.78 is 39.7. The maximum Gasteiger partial charge on any atom is 0.410 e. The van der Waals surface area contributed by atoms with Gasteiger partial charge >= 0.3 is 6.09 Å². The van der Waals surface area contributed by atoms with Crippen molar-refractivity contribution in [1.82, 2.24) is 8.87 Å². The van der Waals surface area contributed by atoms with E-state index in [1.165, 1.54) is 3.97 Å². The molecule has 1 saturated heterocycles. The Morgan fingerprint density at radius 3 is 2.38 bits per heavy atom. The van der Waals surface area contributed by atoms with Gasteiger partial charge in [0, 0.05) is 31.3 Å². The van der Waals surface area contributed by atoms with E-state index in [9.17, 15) is 18.5 Å². The number of ether oxygens (including phenoxy) is 2. The van der Waals surface area contributed by atoms with Crippen LogP contribution in [0.5, 0.6) is 5.75 Å². The van der Waals surface area contributed by atoms with Crippen LogP contribution in [0.2, 0.25) is 0 Å². The van der Waals surface area contributed by atoms with Crippen LogP contribution in [-0.2, 0) is 14.8 Å². The molecule has 5 rings (SSSR count). The molecule has 1 aromatic heterocycles. The molecule has 2 heterocycles. The number of carbonyl (C=O) groups is 1. The van der Waals surface area contributed by atoms with E-state index < -0.39 is 15.6 Å². The Morgan fingerprint density at radius 1 is 0.975 bits per heavy atom. The number of hydrogen-bond donors (Lipinski definition) is 0. The monoisotopic (exact) mass is 559 g/mol. The third kappa shape index (κ3) is 5.63. The Balaban J connectivity index is 1.43. The number of aromatic nitrogens is 1. The standard InChI is InChI=1S/C31H33N3O5S/c1-5-40(36,37)34-28-11-10-27(38-26-12-14-33(15-13-26)30(35)39-31(2,3)4)18-25(28)19-29(34)23-9-8-22-7-6-21(20-32)16-24(22)17-23/h6-11,16-19,26H,5,12-15H2,1-4H3. The van der Waals surface area contributed by atoms with Crippen LogP contribution in [0.15, 0.2) is 60.7 Å². The van der Waals surface area contributed by atoms with Gasteiger partial charge in [-0.25, -0.2) is 17.2 Å². The average Bonchev–Trinajstić information content (AvgIpc) is 3.31. The van der Waals surface area contributed by atoms with E-state index >= 15 is 0 Å². The summed E-state index contributed by atoms with van der Waals surface area (Å²) >= 11 is 0. The zero-order chi connectivity index (χ0) is 28.7. The maximum atomic E-state index is 13.3. The highest BCUT2D eigenvalue weighted by molar-refractivity contribution is 7.90. The molecule has 3 aromatic carbocycles. The quantitative estimate of drug-likeness (QED) is 0.284. The number of nitrogens with zero attached hydrogens (tertiary/aromatic N) is 3.